The lowest BCUT2D eigenvalue weighted by Gasteiger charge is -2.19. The Bertz CT molecular complexity index is 455. The highest BCUT2D eigenvalue weighted by Crippen LogP contribution is 2.33. The second-order valence-corrected chi connectivity index (χ2v) is 11.1. The normalized spacial score (nSPS) is 13.1. The van der Waals surface area contributed by atoms with Gasteiger partial charge in [0.2, 0.25) is 0 Å². The summed E-state index contributed by atoms with van der Waals surface area (Å²) in [7, 11) is -0.104. The Morgan fingerprint density at radius 1 is 0.722 bits per heavy atom. The Hall–Kier alpha value is -0.260. The van der Waals surface area contributed by atoms with E-state index in [0.717, 1.165) is 25.7 Å². The van der Waals surface area contributed by atoms with Crippen LogP contribution in [-0.4, -0.2) is 43.8 Å². The molecule has 2 unspecified atom stereocenters. The molecule has 0 bridgehead atoms. The van der Waals surface area contributed by atoms with E-state index in [2.05, 4.69) is 12.2 Å². The standard InChI is InChI=1S/C29H60NO5P/c1-4-6-7-8-9-10-11-12-13-14-15-16-17-18-19-20-21-22-24-28(35-29(31)23-5-2)27-34-36(32)33-26-25-30-3/h28,30,32H,4-27H2,1-3H3. The summed E-state index contributed by atoms with van der Waals surface area (Å²) in [6.45, 7) is 5.47. The maximum atomic E-state index is 11.9. The highest BCUT2D eigenvalue weighted by molar-refractivity contribution is 7.40. The molecule has 2 N–H and O–H groups in total. The minimum absolute atomic E-state index is 0.188. The molecular weight excluding hydrogens is 473 g/mol. The van der Waals surface area contributed by atoms with Gasteiger partial charge in [0.25, 0.3) is 0 Å². The van der Waals surface area contributed by atoms with E-state index in [1.165, 1.54) is 103 Å². The minimum atomic E-state index is -1.93. The van der Waals surface area contributed by atoms with Gasteiger partial charge in [-0.05, 0) is 26.3 Å². The van der Waals surface area contributed by atoms with Crippen molar-refractivity contribution in [2.75, 3.05) is 26.8 Å². The van der Waals surface area contributed by atoms with Crippen LogP contribution in [0.5, 0.6) is 0 Å². The summed E-state index contributed by atoms with van der Waals surface area (Å²) in [6, 6.07) is 0. The molecule has 7 heteroatoms. The number of esters is 1. The average Bonchev–Trinajstić information content (AvgIpc) is 2.86. The number of ether oxygens (including phenoxy) is 1. The van der Waals surface area contributed by atoms with E-state index in [0.29, 0.717) is 19.6 Å². The fourth-order valence-electron chi connectivity index (χ4n) is 4.31. The molecule has 0 spiro atoms. The van der Waals surface area contributed by atoms with E-state index in [1.807, 2.05) is 14.0 Å². The van der Waals surface area contributed by atoms with Crippen molar-refractivity contribution in [3.05, 3.63) is 0 Å². The molecule has 0 radical (unpaired) electrons. The molecule has 0 rings (SSSR count). The minimum Gasteiger partial charge on any atom is -0.460 e. The van der Waals surface area contributed by atoms with Gasteiger partial charge in [0.15, 0.2) is 0 Å². The predicted molar refractivity (Wildman–Crippen MR) is 153 cm³/mol. The van der Waals surface area contributed by atoms with Crippen LogP contribution >= 0.6 is 8.60 Å². The summed E-state index contributed by atoms with van der Waals surface area (Å²) in [4.78, 5) is 21.8. The van der Waals surface area contributed by atoms with Gasteiger partial charge in [-0.25, -0.2) is 0 Å². The first-order chi connectivity index (χ1) is 17.6. The zero-order chi connectivity index (χ0) is 26.5. The quantitative estimate of drug-likeness (QED) is 0.0569. The van der Waals surface area contributed by atoms with Crippen molar-refractivity contribution in [1.29, 1.82) is 0 Å². The van der Waals surface area contributed by atoms with Gasteiger partial charge in [0.05, 0.1) is 13.2 Å². The molecule has 36 heavy (non-hydrogen) atoms. The van der Waals surface area contributed by atoms with Crippen LogP contribution in [0.4, 0.5) is 0 Å². The number of unbranched alkanes of at least 4 members (excludes halogenated alkanes) is 17. The van der Waals surface area contributed by atoms with Crippen LogP contribution in [0.2, 0.25) is 0 Å². The Balaban J connectivity index is 3.66. The third kappa shape index (κ3) is 26.8. The highest BCUT2D eigenvalue weighted by atomic mass is 31.2. The molecule has 0 heterocycles. The van der Waals surface area contributed by atoms with Gasteiger partial charge in [-0.1, -0.05) is 123 Å². The van der Waals surface area contributed by atoms with Gasteiger partial charge in [-0.3, -0.25) is 4.79 Å². The fraction of sp³-hybridized carbons (Fsp3) is 0.966. The zero-order valence-electron chi connectivity index (χ0n) is 24.1. The zero-order valence-corrected chi connectivity index (χ0v) is 25.0. The molecule has 0 aromatic heterocycles. The summed E-state index contributed by atoms with van der Waals surface area (Å²) in [5, 5.41) is 2.95. The average molecular weight is 534 g/mol. The Kier molecular flexibility index (Phi) is 29.1. The van der Waals surface area contributed by atoms with E-state index in [9.17, 15) is 9.69 Å². The first-order valence-corrected chi connectivity index (χ1v) is 16.4. The van der Waals surface area contributed by atoms with Gasteiger partial charge in [-0.2, -0.15) is 0 Å². The molecule has 0 amide bonds. The van der Waals surface area contributed by atoms with Gasteiger partial charge in [0.1, 0.15) is 6.10 Å². The predicted octanol–water partition coefficient (Wildman–Crippen LogP) is 8.60. The van der Waals surface area contributed by atoms with E-state index >= 15 is 0 Å². The van der Waals surface area contributed by atoms with Crippen molar-refractivity contribution in [3.8, 4) is 0 Å². The first kappa shape index (κ1) is 35.7. The Morgan fingerprint density at radius 3 is 1.64 bits per heavy atom. The summed E-state index contributed by atoms with van der Waals surface area (Å²) in [6.07, 6.45) is 26.0. The molecular formula is C29H60NO5P. The first-order valence-electron chi connectivity index (χ1n) is 15.2. The highest BCUT2D eigenvalue weighted by Gasteiger charge is 2.17. The Labute approximate surface area is 225 Å². The van der Waals surface area contributed by atoms with Gasteiger partial charge in [-0.15, -0.1) is 0 Å². The second kappa shape index (κ2) is 29.3. The molecule has 0 saturated heterocycles. The summed E-state index contributed by atoms with van der Waals surface area (Å²) < 4.78 is 16.2. The molecule has 0 saturated carbocycles. The third-order valence-electron chi connectivity index (χ3n) is 6.56. The molecule has 0 aliphatic carbocycles. The van der Waals surface area contributed by atoms with Crippen molar-refractivity contribution in [2.24, 2.45) is 0 Å². The van der Waals surface area contributed by atoms with Crippen LogP contribution in [0.25, 0.3) is 0 Å². The molecule has 0 fully saturated rings. The smallest absolute Gasteiger partial charge is 0.330 e. The van der Waals surface area contributed by atoms with Crippen LogP contribution in [0.15, 0.2) is 0 Å². The van der Waals surface area contributed by atoms with Gasteiger partial charge in [0, 0.05) is 13.0 Å². The number of hydrogen-bond donors (Lipinski definition) is 2. The second-order valence-electron chi connectivity index (χ2n) is 10.1. The van der Waals surface area contributed by atoms with Crippen molar-refractivity contribution in [1.82, 2.24) is 5.32 Å². The lowest BCUT2D eigenvalue weighted by Crippen LogP contribution is -2.23. The van der Waals surface area contributed by atoms with E-state index in [-0.39, 0.29) is 18.7 Å². The van der Waals surface area contributed by atoms with E-state index in [4.69, 9.17) is 13.8 Å². The van der Waals surface area contributed by atoms with Crippen LogP contribution < -0.4 is 5.32 Å². The molecule has 216 valence electrons. The van der Waals surface area contributed by atoms with E-state index in [1.54, 1.807) is 0 Å². The molecule has 6 nitrogen and oxygen atoms in total. The number of likely N-dealkylation sites (N-methyl/N-ethyl adjacent to an activating group) is 1. The molecule has 0 aliphatic rings. The van der Waals surface area contributed by atoms with Crippen LogP contribution in [0, 0.1) is 0 Å². The lowest BCUT2D eigenvalue weighted by atomic mass is 10.0. The van der Waals surface area contributed by atoms with Gasteiger partial charge >= 0.3 is 14.6 Å². The number of rotatable bonds is 29. The van der Waals surface area contributed by atoms with Crippen molar-refractivity contribution < 1.29 is 23.5 Å². The lowest BCUT2D eigenvalue weighted by molar-refractivity contribution is -0.151. The summed E-state index contributed by atoms with van der Waals surface area (Å²) >= 11 is 0. The fourth-order valence-corrected chi connectivity index (χ4v) is 4.92. The third-order valence-corrected chi connectivity index (χ3v) is 7.33. The Morgan fingerprint density at radius 2 is 1.19 bits per heavy atom. The molecule has 2 atom stereocenters. The van der Waals surface area contributed by atoms with Crippen molar-refractivity contribution in [3.63, 3.8) is 0 Å². The number of carbonyl (C=O) groups excluding carboxylic acids is 1. The van der Waals surface area contributed by atoms with Crippen LogP contribution in [0.1, 0.15) is 149 Å². The monoisotopic (exact) mass is 533 g/mol. The summed E-state index contributed by atoms with van der Waals surface area (Å²) in [5.41, 5.74) is 0. The molecule has 0 aliphatic heterocycles. The van der Waals surface area contributed by atoms with Gasteiger partial charge < -0.3 is 24.0 Å². The van der Waals surface area contributed by atoms with E-state index < -0.39 is 8.60 Å². The van der Waals surface area contributed by atoms with Crippen molar-refractivity contribution in [2.45, 2.75) is 155 Å². The maximum absolute atomic E-state index is 11.9. The molecule has 0 aromatic rings. The SMILES string of the molecule is CCCCCCCCCCCCCCCCCCCCC(COP(O)OCCNC)OC(=O)CCC. The molecule has 0 aromatic carbocycles. The summed E-state index contributed by atoms with van der Waals surface area (Å²) in [5.74, 6) is -0.188. The van der Waals surface area contributed by atoms with Crippen LogP contribution in [-0.2, 0) is 18.6 Å². The number of hydrogen-bond acceptors (Lipinski definition) is 6. The van der Waals surface area contributed by atoms with Crippen LogP contribution in [0.3, 0.4) is 0 Å². The number of carbonyl (C=O) groups is 1. The topological polar surface area (TPSA) is 77.0 Å². The maximum Gasteiger partial charge on any atom is 0.330 e. The van der Waals surface area contributed by atoms with Crippen molar-refractivity contribution >= 4 is 14.6 Å². The largest absolute Gasteiger partial charge is 0.460 e. The number of nitrogens with one attached hydrogen (secondary N) is 1.